The second kappa shape index (κ2) is 10.6. The van der Waals surface area contributed by atoms with Crippen molar-refractivity contribution in [3.05, 3.63) is 76.4 Å². The van der Waals surface area contributed by atoms with Gasteiger partial charge in [-0.15, -0.1) is 10.2 Å². The summed E-state index contributed by atoms with van der Waals surface area (Å²) in [7, 11) is 1.82. The number of rotatable bonds is 6. The van der Waals surface area contributed by atoms with E-state index in [1.54, 1.807) is 49.9 Å². The van der Waals surface area contributed by atoms with Crippen molar-refractivity contribution in [1.29, 1.82) is 0 Å². The van der Waals surface area contributed by atoms with Gasteiger partial charge in [-0.1, -0.05) is 12.1 Å². The van der Waals surface area contributed by atoms with Gasteiger partial charge in [0.1, 0.15) is 17.8 Å². The number of carbonyl (C=O) groups is 2. The molecular formula is C33H38F3N5O4. The number of aliphatic hydroxyl groups excluding tert-OH is 1. The minimum atomic E-state index is -4.72. The Hall–Kier alpha value is -3.93. The molecule has 240 valence electrons. The lowest BCUT2D eigenvalue weighted by Crippen LogP contribution is -2.54. The normalized spacial score (nSPS) is 22.5. The van der Waals surface area contributed by atoms with E-state index in [-0.39, 0.29) is 29.8 Å². The zero-order valence-electron chi connectivity index (χ0n) is 26.1. The van der Waals surface area contributed by atoms with Crippen LogP contribution in [0.15, 0.2) is 42.7 Å². The number of alkyl halides is 3. The molecule has 6 rings (SSSR count). The van der Waals surface area contributed by atoms with Crippen LogP contribution in [0.25, 0.3) is 0 Å². The van der Waals surface area contributed by atoms with Gasteiger partial charge < -0.3 is 19.3 Å². The lowest BCUT2D eigenvalue weighted by molar-refractivity contribution is -0.138. The van der Waals surface area contributed by atoms with Gasteiger partial charge in [-0.2, -0.15) is 13.2 Å². The van der Waals surface area contributed by atoms with E-state index in [1.807, 2.05) is 20.0 Å². The number of anilines is 1. The molecule has 2 heterocycles. The molecule has 0 unspecified atom stereocenters. The number of aromatic nitrogens is 3. The van der Waals surface area contributed by atoms with Gasteiger partial charge in [0.25, 0.3) is 5.91 Å². The van der Waals surface area contributed by atoms with E-state index in [1.165, 1.54) is 15.9 Å². The second-order valence-corrected chi connectivity index (χ2v) is 13.9. The van der Waals surface area contributed by atoms with Crippen molar-refractivity contribution >= 4 is 17.7 Å². The van der Waals surface area contributed by atoms with Crippen molar-refractivity contribution in [3.63, 3.8) is 0 Å². The maximum atomic E-state index is 14.5. The maximum Gasteiger partial charge on any atom is 0.416 e. The van der Waals surface area contributed by atoms with Gasteiger partial charge in [0, 0.05) is 30.4 Å². The summed E-state index contributed by atoms with van der Waals surface area (Å²) in [5, 5.41) is 18.6. The number of hydrogen-bond donors (Lipinski definition) is 1. The number of benzene rings is 2. The molecule has 1 aromatic heterocycles. The predicted octanol–water partition coefficient (Wildman–Crippen LogP) is 6.11. The fraction of sp³-hybridized carbons (Fsp3) is 0.515. The summed E-state index contributed by atoms with van der Waals surface area (Å²) in [6.45, 7) is 6.77. The van der Waals surface area contributed by atoms with E-state index in [0.29, 0.717) is 37.2 Å². The number of ether oxygens (including phenoxy) is 1. The third kappa shape index (κ3) is 5.47. The Morgan fingerprint density at radius 3 is 2.42 bits per heavy atom. The van der Waals surface area contributed by atoms with Crippen LogP contribution in [0.3, 0.4) is 0 Å². The van der Waals surface area contributed by atoms with Gasteiger partial charge >= 0.3 is 12.3 Å². The van der Waals surface area contributed by atoms with Gasteiger partial charge in [-0.25, -0.2) is 4.79 Å². The molecule has 9 nitrogen and oxygen atoms in total. The lowest BCUT2D eigenvalue weighted by Gasteiger charge is -2.47. The molecule has 2 aromatic carbocycles. The lowest BCUT2D eigenvalue weighted by atomic mass is 9.62. The smallest absolute Gasteiger partial charge is 0.416 e. The highest BCUT2D eigenvalue weighted by Crippen LogP contribution is 2.49. The second-order valence-electron chi connectivity index (χ2n) is 13.9. The summed E-state index contributed by atoms with van der Waals surface area (Å²) in [4.78, 5) is 30.0. The first kappa shape index (κ1) is 31.1. The molecule has 1 N–H and O–H groups in total. The molecule has 0 saturated heterocycles. The number of carbonyl (C=O) groups excluding carboxylic acids is 2. The fourth-order valence-electron chi connectivity index (χ4n) is 6.93. The van der Waals surface area contributed by atoms with Crippen LogP contribution in [0.4, 0.5) is 23.7 Å². The molecule has 0 bridgehead atoms. The Morgan fingerprint density at radius 1 is 1.16 bits per heavy atom. The average molecular weight is 626 g/mol. The van der Waals surface area contributed by atoms with Crippen LogP contribution in [0.1, 0.15) is 98.2 Å². The first-order valence-electron chi connectivity index (χ1n) is 15.2. The van der Waals surface area contributed by atoms with Gasteiger partial charge in [0.2, 0.25) is 0 Å². The van der Waals surface area contributed by atoms with Crippen molar-refractivity contribution in [3.8, 4) is 0 Å². The monoisotopic (exact) mass is 625 g/mol. The Balaban J connectivity index is 1.35. The molecule has 3 aliphatic rings. The molecule has 2 amide bonds. The standard InChI is InChI=1S/C33H38F3N5O4/c1-30(2,3)45-29(44)41(31(4)10-7-11-31)17-20-12-24-25(26(13-20)33(34,35)36)18-40(27(24)43)22-9-6-8-21(14-22)32(15-23(42)16-32)28-38-37-19-39(28)5/h6,8-9,12-14,19,23,42H,7,10-11,15-18H2,1-5H3. The highest BCUT2D eigenvalue weighted by atomic mass is 19.4. The van der Waals surface area contributed by atoms with Crippen LogP contribution in [0.5, 0.6) is 0 Å². The van der Waals surface area contributed by atoms with E-state index in [0.717, 1.165) is 18.1 Å². The largest absolute Gasteiger partial charge is 0.444 e. The van der Waals surface area contributed by atoms with E-state index in [9.17, 15) is 27.9 Å². The summed E-state index contributed by atoms with van der Waals surface area (Å²) < 4.78 is 51.0. The first-order valence-corrected chi connectivity index (χ1v) is 15.2. The number of halogens is 3. The van der Waals surface area contributed by atoms with E-state index in [4.69, 9.17) is 4.74 Å². The molecular weight excluding hydrogens is 587 g/mol. The molecule has 1 aliphatic heterocycles. The van der Waals surface area contributed by atoms with Crippen molar-refractivity contribution in [1.82, 2.24) is 19.7 Å². The fourth-order valence-corrected chi connectivity index (χ4v) is 6.93. The topological polar surface area (TPSA) is 101 Å². The van der Waals surface area contributed by atoms with Crippen molar-refractivity contribution in [2.45, 2.75) is 102 Å². The highest BCUT2D eigenvalue weighted by Gasteiger charge is 2.50. The molecule has 2 saturated carbocycles. The maximum absolute atomic E-state index is 14.5. The number of fused-ring (bicyclic) bond motifs is 1. The highest BCUT2D eigenvalue weighted by molar-refractivity contribution is 6.10. The van der Waals surface area contributed by atoms with E-state index >= 15 is 0 Å². The predicted molar refractivity (Wildman–Crippen MR) is 159 cm³/mol. The van der Waals surface area contributed by atoms with Crippen molar-refractivity contribution in [2.24, 2.45) is 7.05 Å². The van der Waals surface area contributed by atoms with Gasteiger partial charge in [-0.05, 0) is 101 Å². The Bertz CT molecular complexity index is 1650. The zero-order chi connectivity index (χ0) is 32.5. The minimum absolute atomic E-state index is 0.0322. The molecule has 2 aliphatic carbocycles. The Morgan fingerprint density at radius 2 is 1.87 bits per heavy atom. The Kier molecular flexibility index (Phi) is 7.30. The van der Waals surface area contributed by atoms with Crippen LogP contribution in [-0.4, -0.2) is 54.0 Å². The number of aliphatic hydroxyl groups is 1. The third-order valence-electron chi connectivity index (χ3n) is 9.46. The Labute approximate surface area is 260 Å². The molecule has 0 radical (unpaired) electrons. The van der Waals surface area contributed by atoms with Crippen LogP contribution >= 0.6 is 0 Å². The summed E-state index contributed by atoms with van der Waals surface area (Å²) >= 11 is 0. The van der Waals surface area contributed by atoms with Crippen molar-refractivity contribution < 1.29 is 32.6 Å². The number of aryl methyl sites for hydroxylation is 1. The first-order chi connectivity index (χ1) is 21.0. The van der Waals surface area contributed by atoms with Crippen LogP contribution in [0.2, 0.25) is 0 Å². The van der Waals surface area contributed by atoms with Crippen LogP contribution < -0.4 is 4.90 Å². The number of nitrogens with zero attached hydrogens (tertiary/aromatic N) is 5. The minimum Gasteiger partial charge on any atom is -0.444 e. The molecule has 0 spiro atoms. The number of amides is 2. The SMILES string of the molecule is Cn1cnnc1C1(c2cccc(N3Cc4c(cc(CN(C(=O)OC(C)(C)C)C5(C)CCC5)cc4C(F)(F)F)C3=O)c2)CC(O)C1. The summed E-state index contributed by atoms with van der Waals surface area (Å²) in [5.41, 5.74) is -1.52. The summed E-state index contributed by atoms with van der Waals surface area (Å²) in [6.07, 6.45) is -1.13. The zero-order valence-corrected chi connectivity index (χ0v) is 26.1. The van der Waals surface area contributed by atoms with Gasteiger partial charge in [-0.3, -0.25) is 9.69 Å². The molecule has 2 fully saturated rings. The quantitative estimate of drug-likeness (QED) is 0.355. The van der Waals surface area contributed by atoms with Crippen molar-refractivity contribution in [2.75, 3.05) is 4.90 Å². The molecule has 12 heteroatoms. The molecule has 3 aromatic rings. The average Bonchev–Trinajstić information content (AvgIpc) is 3.49. The van der Waals surface area contributed by atoms with Gasteiger partial charge in [0.15, 0.2) is 0 Å². The molecule has 0 atom stereocenters. The summed E-state index contributed by atoms with van der Waals surface area (Å²) in [5.74, 6) is 0.120. The molecule has 45 heavy (non-hydrogen) atoms. The third-order valence-corrected chi connectivity index (χ3v) is 9.46. The van der Waals surface area contributed by atoms with E-state index in [2.05, 4.69) is 10.2 Å². The number of hydrogen-bond acceptors (Lipinski definition) is 6. The van der Waals surface area contributed by atoms with Gasteiger partial charge in [0.05, 0.1) is 23.6 Å². The van der Waals surface area contributed by atoms with Crippen LogP contribution in [-0.2, 0) is 36.5 Å². The van der Waals surface area contributed by atoms with E-state index < -0.39 is 46.4 Å². The van der Waals surface area contributed by atoms with Crippen LogP contribution in [0, 0.1) is 0 Å². The summed E-state index contributed by atoms with van der Waals surface area (Å²) in [6, 6.07) is 9.67.